The minimum Gasteiger partial charge on any atom is -0.445 e. The van der Waals surface area contributed by atoms with Crippen LogP contribution in [0.4, 0.5) is 9.18 Å². The molecule has 4 N–H and O–H groups in total. The second kappa shape index (κ2) is 11.4. The van der Waals surface area contributed by atoms with Gasteiger partial charge < -0.3 is 21.1 Å². The Balaban J connectivity index is 1.84. The molecule has 0 fully saturated rings. The molecule has 0 aliphatic heterocycles. The first kappa shape index (κ1) is 21.9. The largest absolute Gasteiger partial charge is 0.445 e. The van der Waals surface area contributed by atoms with E-state index in [1.807, 2.05) is 18.2 Å². The van der Waals surface area contributed by atoms with E-state index in [-0.39, 0.29) is 31.8 Å². The van der Waals surface area contributed by atoms with Crippen molar-refractivity contribution in [2.45, 2.75) is 31.9 Å². The topological polar surface area (TPSA) is 111 Å². The van der Waals surface area contributed by atoms with Gasteiger partial charge in [-0.2, -0.15) is 0 Å². The lowest BCUT2D eigenvalue weighted by molar-refractivity contribution is -0.123. The van der Waals surface area contributed by atoms with Crippen LogP contribution in [0.1, 0.15) is 24.0 Å². The number of hydrogen-bond acceptors (Lipinski definition) is 4. The summed E-state index contributed by atoms with van der Waals surface area (Å²) in [6.07, 6.45) is -0.280. The van der Waals surface area contributed by atoms with Gasteiger partial charge in [-0.25, -0.2) is 9.18 Å². The normalized spacial score (nSPS) is 11.3. The van der Waals surface area contributed by atoms with Gasteiger partial charge in [-0.1, -0.05) is 42.5 Å². The molecule has 0 spiro atoms. The Morgan fingerprint density at radius 2 is 1.69 bits per heavy atom. The number of amides is 3. The van der Waals surface area contributed by atoms with Crippen LogP contribution in [-0.4, -0.2) is 30.5 Å². The second-order valence-corrected chi connectivity index (χ2v) is 6.43. The zero-order valence-electron chi connectivity index (χ0n) is 15.9. The lowest BCUT2D eigenvalue weighted by atomic mass is 10.1. The lowest BCUT2D eigenvalue weighted by Gasteiger charge is -2.18. The third-order valence-electron chi connectivity index (χ3n) is 4.13. The number of nitrogens with one attached hydrogen (secondary N) is 2. The summed E-state index contributed by atoms with van der Waals surface area (Å²) >= 11 is 0. The number of ether oxygens (including phenoxy) is 1. The smallest absolute Gasteiger partial charge is 0.408 e. The molecule has 2 aromatic carbocycles. The van der Waals surface area contributed by atoms with Crippen molar-refractivity contribution >= 4 is 17.9 Å². The van der Waals surface area contributed by atoms with E-state index in [4.69, 9.17) is 10.5 Å². The zero-order valence-corrected chi connectivity index (χ0v) is 15.9. The molecule has 0 aliphatic rings. The number of alkyl carbamates (subject to hydrolysis) is 1. The molecule has 2 rings (SSSR count). The first-order valence-corrected chi connectivity index (χ1v) is 9.21. The van der Waals surface area contributed by atoms with E-state index in [2.05, 4.69) is 10.6 Å². The summed E-state index contributed by atoms with van der Waals surface area (Å²) in [6.45, 7) is 0.347. The maximum Gasteiger partial charge on any atom is 0.408 e. The van der Waals surface area contributed by atoms with Crippen molar-refractivity contribution in [3.8, 4) is 0 Å². The van der Waals surface area contributed by atoms with E-state index >= 15 is 0 Å². The van der Waals surface area contributed by atoms with Gasteiger partial charge in [-0.05, 0) is 36.1 Å². The Kier molecular flexibility index (Phi) is 8.62. The highest BCUT2D eigenvalue weighted by molar-refractivity contribution is 5.86. The highest BCUT2D eigenvalue weighted by Crippen LogP contribution is 2.05. The second-order valence-electron chi connectivity index (χ2n) is 6.43. The molecule has 3 amide bonds. The quantitative estimate of drug-likeness (QED) is 0.566. The third kappa shape index (κ3) is 8.42. The Labute approximate surface area is 168 Å². The number of carbonyl (C=O) groups is 3. The summed E-state index contributed by atoms with van der Waals surface area (Å²) in [5.41, 5.74) is 6.81. The van der Waals surface area contributed by atoms with E-state index in [1.165, 1.54) is 12.1 Å². The third-order valence-corrected chi connectivity index (χ3v) is 4.13. The van der Waals surface area contributed by atoms with E-state index in [1.54, 1.807) is 24.3 Å². The molecule has 0 bridgehead atoms. The van der Waals surface area contributed by atoms with E-state index < -0.39 is 23.9 Å². The molecule has 0 aromatic heterocycles. The Bertz CT molecular complexity index is 812. The fourth-order valence-electron chi connectivity index (χ4n) is 2.57. The van der Waals surface area contributed by atoms with Crippen molar-refractivity contribution in [3.63, 3.8) is 0 Å². The van der Waals surface area contributed by atoms with E-state index in [0.717, 1.165) is 11.1 Å². The predicted octanol–water partition coefficient (Wildman–Crippen LogP) is 2.04. The number of primary amides is 1. The number of hydrogen-bond donors (Lipinski definition) is 3. The molecule has 0 heterocycles. The van der Waals surface area contributed by atoms with Crippen molar-refractivity contribution in [2.24, 2.45) is 5.73 Å². The number of nitrogens with two attached hydrogens (primary N) is 1. The molecule has 0 aliphatic carbocycles. The van der Waals surface area contributed by atoms with Crippen molar-refractivity contribution in [3.05, 3.63) is 71.5 Å². The highest BCUT2D eigenvalue weighted by atomic mass is 19.1. The summed E-state index contributed by atoms with van der Waals surface area (Å²) < 4.78 is 18.0. The van der Waals surface area contributed by atoms with Crippen molar-refractivity contribution in [2.75, 3.05) is 6.54 Å². The molecular formula is C21H24FN3O4. The first-order chi connectivity index (χ1) is 13.9. The summed E-state index contributed by atoms with van der Waals surface area (Å²) in [7, 11) is 0. The fourth-order valence-corrected chi connectivity index (χ4v) is 2.57. The predicted molar refractivity (Wildman–Crippen MR) is 105 cm³/mol. The SMILES string of the molecule is NC(=O)CC[C@@H](NC(=O)OCc1ccccc1)C(=O)NCCc1ccc(F)cc1. The molecule has 0 saturated carbocycles. The summed E-state index contributed by atoms with van der Waals surface area (Å²) in [5.74, 6) is -1.36. The number of carbonyl (C=O) groups excluding carboxylic acids is 3. The Morgan fingerprint density at radius 3 is 2.34 bits per heavy atom. The summed E-state index contributed by atoms with van der Waals surface area (Å²) in [4.78, 5) is 35.5. The van der Waals surface area contributed by atoms with Gasteiger partial charge in [0.2, 0.25) is 11.8 Å². The van der Waals surface area contributed by atoms with E-state index in [0.29, 0.717) is 6.42 Å². The number of halogens is 1. The first-order valence-electron chi connectivity index (χ1n) is 9.21. The molecule has 0 radical (unpaired) electrons. The van der Waals surface area contributed by atoms with Gasteiger partial charge in [0, 0.05) is 13.0 Å². The van der Waals surface area contributed by atoms with Crippen LogP contribution >= 0.6 is 0 Å². The minimum absolute atomic E-state index is 0.0537. The zero-order chi connectivity index (χ0) is 21.1. The van der Waals surface area contributed by atoms with Gasteiger partial charge in [0.15, 0.2) is 0 Å². The maximum atomic E-state index is 12.9. The Hall–Kier alpha value is -3.42. The molecular weight excluding hydrogens is 377 g/mol. The molecule has 2 aromatic rings. The average molecular weight is 401 g/mol. The van der Waals surface area contributed by atoms with Crippen molar-refractivity contribution in [1.29, 1.82) is 0 Å². The van der Waals surface area contributed by atoms with Crippen LogP contribution in [0.15, 0.2) is 54.6 Å². The minimum atomic E-state index is -0.959. The van der Waals surface area contributed by atoms with Gasteiger partial charge in [0.05, 0.1) is 0 Å². The van der Waals surface area contributed by atoms with Crippen LogP contribution in [0.5, 0.6) is 0 Å². The van der Waals surface area contributed by atoms with Gasteiger partial charge in [0.25, 0.3) is 0 Å². The standard InChI is InChI=1S/C21H24FN3O4/c22-17-8-6-15(7-9-17)12-13-24-20(27)18(10-11-19(23)26)25-21(28)29-14-16-4-2-1-3-5-16/h1-9,18H,10-14H2,(H2,23,26)(H,24,27)(H,25,28)/t18-/m1/s1. The average Bonchev–Trinajstić information content (AvgIpc) is 2.71. The molecule has 0 unspecified atom stereocenters. The molecule has 29 heavy (non-hydrogen) atoms. The Morgan fingerprint density at radius 1 is 1.00 bits per heavy atom. The molecule has 1 atom stereocenters. The van der Waals surface area contributed by atoms with Crippen LogP contribution in [-0.2, 0) is 27.4 Å². The molecule has 0 saturated heterocycles. The molecule has 7 nitrogen and oxygen atoms in total. The maximum absolute atomic E-state index is 12.9. The van der Waals surface area contributed by atoms with Gasteiger partial charge in [-0.15, -0.1) is 0 Å². The van der Waals surface area contributed by atoms with E-state index in [9.17, 15) is 18.8 Å². The highest BCUT2D eigenvalue weighted by Gasteiger charge is 2.22. The monoisotopic (exact) mass is 401 g/mol. The van der Waals surface area contributed by atoms with Gasteiger partial charge >= 0.3 is 6.09 Å². The number of rotatable bonds is 10. The van der Waals surface area contributed by atoms with Crippen LogP contribution in [0.2, 0.25) is 0 Å². The molecule has 8 heteroatoms. The van der Waals surface area contributed by atoms with Gasteiger partial charge in [-0.3, -0.25) is 9.59 Å². The lowest BCUT2D eigenvalue weighted by Crippen LogP contribution is -2.47. The van der Waals surface area contributed by atoms with Gasteiger partial charge in [0.1, 0.15) is 18.5 Å². The van der Waals surface area contributed by atoms with Crippen LogP contribution in [0.3, 0.4) is 0 Å². The van der Waals surface area contributed by atoms with Crippen LogP contribution in [0, 0.1) is 5.82 Å². The van der Waals surface area contributed by atoms with Crippen molar-refractivity contribution in [1.82, 2.24) is 10.6 Å². The summed E-state index contributed by atoms with van der Waals surface area (Å²) in [6, 6.07) is 14.1. The van der Waals surface area contributed by atoms with Crippen molar-refractivity contribution < 1.29 is 23.5 Å². The number of benzene rings is 2. The fraction of sp³-hybridized carbons (Fsp3) is 0.286. The molecule has 154 valence electrons. The van der Waals surface area contributed by atoms with Crippen LogP contribution < -0.4 is 16.4 Å². The summed E-state index contributed by atoms with van der Waals surface area (Å²) in [5, 5.41) is 5.16. The van der Waals surface area contributed by atoms with Crippen LogP contribution in [0.25, 0.3) is 0 Å².